The van der Waals surface area contributed by atoms with Crippen LogP contribution in [0.1, 0.15) is 45.0 Å². The van der Waals surface area contributed by atoms with E-state index in [1.54, 1.807) is 13.8 Å². The highest BCUT2D eigenvalue weighted by Crippen LogP contribution is 2.34. The van der Waals surface area contributed by atoms with Gasteiger partial charge in [-0.3, -0.25) is 4.79 Å². The maximum absolute atomic E-state index is 12.3. The van der Waals surface area contributed by atoms with E-state index in [4.69, 9.17) is 15.2 Å². The third-order valence-corrected chi connectivity index (χ3v) is 5.37. The zero-order valence-electron chi connectivity index (χ0n) is 16.9. The number of hydrogen-bond donors (Lipinski definition) is 3. The Morgan fingerprint density at radius 3 is 2.23 bits per heavy atom. The smallest absolute Gasteiger partial charge is 0.341 e. The molecule has 3 amide bonds. The van der Waals surface area contributed by atoms with Gasteiger partial charge in [0.25, 0.3) is 5.91 Å². The van der Waals surface area contributed by atoms with Crippen LogP contribution in [0.3, 0.4) is 0 Å². The molecule has 0 aliphatic rings. The number of carbonyl (C=O) groups excluding carboxylic acids is 4. The molecule has 30 heavy (non-hydrogen) atoms. The zero-order chi connectivity index (χ0) is 22.3. The van der Waals surface area contributed by atoms with Crippen molar-refractivity contribution in [2.45, 2.75) is 27.2 Å². The molecule has 160 valence electrons. The Kier molecular flexibility index (Phi) is 7.93. The van der Waals surface area contributed by atoms with Crippen molar-refractivity contribution < 1.29 is 28.7 Å². The first-order valence-corrected chi connectivity index (χ1v) is 10.0. The summed E-state index contributed by atoms with van der Waals surface area (Å²) in [7, 11) is 0. The molecule has 1 heterocycles. The lowest BCUT2D eigenvalue weighted by molar-refractivity contribution is -0.119. The molecular weight excluding hydrogens is 410 g/mol. The fourth-order valence-electron chi connectivity index (χ4n) is 2.64. The van der Waals surface area contributed by atoms with Gasteiger partial charge in [-0.05, 0) is 50.1 Å². The van der Waals surface area contributed by atoms with E-state index in [-0.39, 0.29) is 12.2 Å². The average molecular weight is 433 g/mol. The molecule has 0 saturated carbocycles. The predicted molar refractivity (Wildman–Crippen MR) is 113 cm³/mol. The summed E-state index contributed by atoms with van der Waals surface area (Å²) in [5.41, 5.74) is 6.71. The maximum atomic E-state index is 12.3. The van der Waals surface area contributed by atoms with Crippen molar-refractivity contribution in [3.05, 3.63) is 45.8 Å². The largest absolute Gasteiger partial charge is 0.462 e. The number of nitrogens with one attached hydrogen (secondary N) is 2. The third-order valence-electron chi connectivity index (χ3n) is 4.02. The van der Waals surface area contributed by atoms with Gasteiger partial charge in [0.2, 0.25) is 0 Å². The number of urea groups is 1. The minimum Gasteiger partial charge on any atom is -0.462 e. The topological polar surface area (TPSA) is 137 Å². The number of benzene rings is 1. The van der Waals surface area contributed by atoms with E-state index in [1.807, 2.05) is 6.92 Å². The SMILES string of the molecule is CCOC(=O)c1c(NC(=O)COC(=O)c2ccc(NC(N)=O)cc2)sc(CC)c1C. The van der Waals surface area contributed by atoms with Gasteiger partial charge in [-0.2, -0.15) is 0 Å². The van der Waals surface area contributed by atoms with E-state index in [0.29, 0.717) is 22.7 Å². The number of anilines is 2. The first kappa shape index (κ1) is 22.9. The first-order valence-electron chi connectivity index (χ1n) is 9.19. The van der Waals surface area contributed by atoms with Gasteiger partial charge in [0, 0.05) is 10.6 Å². The second kappa shape index (κ2) is 10.4. The van der Waals surface area contributed by atoms with Crippen LogP contribution < -0.4 is 16.4 Å². The van der Waals surface area contributed by atoms with Gasteiger partial charge in [-0.25, -0.2) is 14.4 Å². The lowest BCUT2D eigenvalue weighted by atomic mass is 10.1. The fourth-order valence-corrected chi connectivity index (χ4v) is 3.79. The highest BCUT2D eigenvalue weighted by Gasteiger charge is 2.23. The van der Waals surface area contributed by atoms with E-state index in [9.17, 15) is 19.2 Å². The second-order valence-corrected chi connectivity index (χ2v) is 7.22. The summed E-state index contributed by atoms with van der Waals surface area (Å²) in [5.74, 6) is -1.80. The highest BCUT2D eigenvalue weighted by atomic mass is 32.1. The van der Waals surface area contributed by atoms with Crippen LogP contribution >= 0.6 is 11.3 Å². The molecule has 9 nitrogen and oxygen atoms in total. The molecular formula is C20H23N3O6S. The molecule has 0 atom stereocenters. The number of aryl methyl sites for hydroxylation is 1. The average Bonchev–Trinajstić information content (AvgIpc) is 3.01. The van der Waals surface area contributed by atoms with E-state index in [2.05, 4.69) is 10.6 Å². The Hall–Kier alpha value is -3.40. The third kappa shape index (κ3) is 5.80. The number of rotatable bonds is 8. The van der Waals surface area contributed by atoms with Crippen molar-refractivity contribution in [1.82, 2.24) is 0 Å². The number of esters is 2. The molecule has 1 aromatic carbocycles. The van der Waals surface area contributed by atoms with Crippen LogP contribution in [0.5, 0.6) is 0 Å². The minimum absolute atomic E-state index is 0.199. The van der Waals surface area contributed by atoms with Gasteiger partial charge in [0.05, 0.1) is 17.7 Å². The van der Waals surface area contributed by atoms with Crippen molar-refractivity contribution in [1.29, 1.82) is 0 Å². The number of thiophene rings is 1. The van der Waals surface area contributed by atoms with Gasteiger partial charge in [-0.1, -0.05) is 6.92 Å². The Balaban J connectivity index is 2.01. The Morgan fingerprint density at radius 1 is 1.00 bits per heavy atom. The maximum Gasteiger partial charge on any atom is 0.341 e. The molecule has 4 N–H and O–H groups in total. The van der Waals surface area contributed by atoms with Crippen LogP contribution in [-0.4, -0.2) is 37.1 Å². The van der Waals surface area contributed by atoms with Crippen molar-refractivity contribution in [3.8, 4) is 0 Å². The Bertz CT molecular complexity index is 952. The summed E-state index contributed by atoms with van der Waals surface area (Å²) in [6.07, 6.45) is 0.703. The molecule has 0 unspecified atom stereocenters. The van der Waals surface area contributed by atoms with Gasteiger partial charge in [0.1, 0.15) is 5.00 Å². The molecule has 0 bridgehead atoms. The zero-order valence-corrected chi connectivity index (χ0v) is 17.7. The van der Waals surface area contributed by atoms with Gasteiger partial charge in [0.15, 0.2) is 6.61 Å². The molecule has 0 spiro atoms. The molecule has 1 aromatic heterocycles. The molecule has 0 aliphatic carbocycles. The van der Waals surface area contributed by atoms with Crippen LogP contribution in [0.2, 0.25) is 0 Å². The van der Waals surface area contributed by atoms with Crippen LogP contribution in [-0.2, 0) is 20.7 Å². The minimum atomic E-state index is -0.723. The van der Waals surface area contributed by atoms with E-state index >= 15 is 0 Å². The summed E-state index contributed by atoms with van der Waals surface area (Å²) in [4.78, 5) is 48.4. The number of primary amides is 1. The van der Waals surface area contributed by atoms with Crippen molar-refractivity contribution >= 4 is 45.9 Å². The summed E-state index contributed by atoms with van der Waals surface area (Å²) in [5, 5.41) is 5.36. The van der Waals surface area contributed by atoms with Crippen LogP contribution in [0.25, 0.3) is 0 Å². The van der Waals surface area contributed by atoms with E-state index in [1.165, 1.54) is 35.6 Å². The highest BCUT2D eigenvalue weighted by molar-refractivity contribution is 7.17. The monoisotopic (exact) mass is 433 g/mol. The predicted octanol–water partition coefficient (Wildman–Crippen LogP) is 3.08. The number of ether oxygens (including phenoxy) is 2. The lowest BCUT2D eigenvalue weighted by Crippen LogP contribution is -2.22. The van der Waals surface area contributed by atoms with Gasteiger partial charge in [-0.15, -0.1) is 11.3 Å². The number of hydrogen-bond acceptors (Lipinski definition) is 7. The molecule has 0 saturated heterocycles. The van der Waals surface area contributed by atoms with Crippen molar-refractivity contribution in [3.63, 3.8) is 0 Å². The quantitative estimate of drug-likeness (QED) is 0.547. The lowest BCUT2D eigenvalue weighted by Gasteiger charge is -2.08. The Morgan fingerprint density at radius 2 is 1.67 bits per heavy atom. The van der Waals surface area contributed by atoms with Gasteiger partial charge < -0.3 is 25.8 Å². The molecule has 0 radical (unpaired) electrons. The van der Waals surface area contributed by atoms with Crippen molar-refractivity contribution in [2.24, 2.45) is 5.73 Å². The van der Waals surface area contributed by atoms with Gasteiger partial charge >= 0.3 is 18.0 Å². The van der Waals surface area contributed by atoms with E-state index < -0.39 is 30.5 Å². The first-order chi connectivity index (χ1) is 14.3. The molecule has 2 rings (SSSR count). The number of carbonyl (C=O) groups is 4. The second-order valence-electron chi connectivity index (χ2n) is 6.12. The molecule has 0 fully saturated rings. The van der Waals surface area contributed by atoms with Crippen molar-refractivity contribution in [2.75, 3.05) is 23.8 Å². The van der Waals surface area contributed by atoms with Crippen LogP contribution in [0.4, 0.5) is 15.5 Å². The van der Waals surface area contributed by atoms with Crippen LogP contribution in [0.15, 0.2) is 24.3 Å². The van der Waals surface area contributed by atoms with E-state index in [0.717, 1.165) is 10.4 Å². The Labute approximate surface area is 177 Å². The molecule has 10 heteroatoms. The summed E-state index contributed by atoms with van der Waals surface area (Å²) in [6.45, 7) is 5.14. The normalized spacial score (nSPS) is 10.2. The number of nitrogens with two attached hydrogens (primary N) is 1. The summed E-state index contributed by atoms with van der Waals surface area (Å²) >= 11 is 1.29. The summed E-state index contributed by atoms with van der Waals surface area (Å²) in [6, 6.07) is 5.10. The molecule has 2 aromatic rings. The summed E-state index contributed by atoms with van der Waals surface area (Å²) < 4.78 is 10.1. The molecule has 0 aliphatic heterocycles. The standard InChI is InChI=1S/C20H23N3O6S/c1-4-14-11(3)16(19(26)28-5-2)17(30-14)23-15(24)10-29-18(25)12-6-8-13(9-7-12)22-20(21)27/h6-9H,4-5,10H2,1-3H3,(H,23,24)(H3,21,22,27). The van der Waals surface area contributed by atoms with Crippen LogP contribution in [0, 0.1) is 6.92 Å². The number of amides is 3. The fraction of sp³-hybridized carbons (Fsp3) is 0.300.